The van der Waals surface area contributed by atoms with Crippen LogP contribution in [0.4, 0.5) is 0 Å². The second-order valence-electron chi connectivity index (χ2n) is 46.1. The van der Waals surface area contributed by atoms with Crippen molar-refractivity contribution >= 4 is 235 Å². The molecule has 0 saturated carbocycles. The Kier molecular flexibility index (Phi) is 35.6. The second kappa shape index (κ2) is 42.7. The van der Waals surface area contributed by atoms with Gasteiger partial charge in [-0.15, -0.1) is 39.5 Å². The minimum absolute atomic E-state index is 0.00641. The van der Waals surface area contributed by atoms with Crippen molar-refractivity contribution in [1.82, 2.24) is 0 Å². The highest BCUT2D eigenvalue weighted by Crippen LogP contribution is 2.62. The van der Waals surface area contributed by atoms with Crippen molar-refractivity contribution in [2.45, 2.75) is 316 Å². The van der Waals surface area contributed by atoms with E-state index in [9.17, 15) is 0 Å². The molecule has 18 fully saturated rings. The lowest BCUT2D eigenvalue weighted by atomic mass is 10.3. The minimum atomic E-state index is -4.70. The van der Waals surface area contributed by atoms with Gasteiger partial charge < -0.3 is 148 Å². The van der Waals surface area contributed by atoms with Gasteiger partial charge in [0.1, 0.15) is 0 Å². The molecule has 36 nitrogen and oxygen atoms in total. The van der Waals surface area contributed by atoms with Gasteiger partial charge >= 0.3 is 211 Å². The number of hydrogen-bond donors (Lipinski definition) is 0. The molecule has 0 amide bonds. The van der Waals surface area contributed by atoms with E-state index in [-0.39, 0.29) is 107 Å². The largest absolute Gasteiger partial charge is 0.507 e. The van der Waals surface area contributed by atoms with Crippen LogP contribution in [0, 0.1) is 82.9 Å². The van der Waals surface area contributed by atoms with Crippen molar-refractivity contribution in [1.29, 1.82) is 0 Å². The van der Waals surface area contributed by atoms with Crippen molar-refractivity contribution in [3.63, 3.8) is 0 Å². The maximum atomic E-state index is 8.24. The molecule has 18 rings (SSSR count). The molecule has 62 heteroatoms. The fraction of sp³-hybridized carbons (Fsp3) is 0.846. The van der Waals surface area contributed by atoms with Crippen LogP contribution in [0.15, 0.2) is 73.7 Å². The molecule has 4 unspecified atom stereocenters. The maximum absolute atomic E-state index is 8.24. The molecule has 0 aromatic rings. The molecule has 0 aromatic carbocycles. The van der Waals surface area contributed by atoms with Gasteiger partial charge in [-0.1, -0.05) is 194 Å². The van der Waals surface area contributed by atoms with Crippen LogP contribution in [0.25, 0.3) is 0 Å². The highest BCUT2D eigenvalue weighted by atomic mass is 32.2. The van der Waals surface area contributed by atoms with Crippen molar-refractivity contribution in [3.05, 3.63) is 73.7 Å². The smallest absolute Gasteiger partial charge is 0.373 e. The molecular formula is C78H164O36S2Si24. The Hall–Kier alpha value is 2.91. The molecule has 0 N–H and O–H groups in total. The first-order chi connectivity index (χ1) is 65.1. The first-order valence-corrected chi connectivity index (χ1v) is 99.2. The fourth-order valence-electron chi connectivity index (χ4n) is 21.2. The molecule has 0 spiro atoms. The summed E-state index contributed by atoms with van der Waals surface area (Å²) in [6.45, 7) is 86.4. The first-order valence-electron chi connectivity index (χ1n) is 51.3. The molecule has 140 heavy (non-hydrogen) atoms. The van der Waals surface area contributed by atoms with E-state index >= 15 is 0 Å². The van der Waals surface area contributed by atoms with Crippen molar-refractivity contribution in [2.24, 2.45) is 82.9 Å². The Balaban J connectivity index is 0.794. The predicted octanol–water partition coefficient (Wildman–Crippen LogP) is 19.1. The van der Waals surface area contributed by atoms with E-state index in [1.54, 1.807) is 23.5 Å². The van der Waals surface area contributed by atoms with Gasteiger partial charge in [0.25, 0.3) is 0 Å². The van der Waals surface area contributed by atoms with E-state index in [2.05, 4.69) is 233 Å². The zero-order valence-corrected chi connectivity index (χ0v) is 114. The Labute approximate surface area is 870 Å². The van der Waals surface area contributed by atoms with Gasteiger partial charge in [-0.25, -0.2) is 0 Å². The second-order valence-corrected chi connectivity index (χ2v) is 120. The van der Waals surface area contributed by atoms with E-state index < -0.39 is 211 Å². The molecule has 0 aliphatic carbocycles. The summed E-state index contributed by atoms with van der Waals surface area (Å²) in [7, 11) is -105. The summed E-state index contributed by atoms with van der Waals surface area (Å²) in [5.74, 6) is 1.30. The van der Waals surface area contributed by atoms with E-state index in [0.717, 1.165) is 0 Å². The summed E-state index contributed by atoms with van der Waals surface area (Å²) >= 11 is 3.24. The van der Waals surface area contributed by atoms with E-state index in [0.29, 0.717) is 120 Å². The predicted molar refractivity (Wildman–Crippen MR) is 576 cm³/mol. The summed E-state index contributed by atoms with van der Waals surface area (Å²) in [5, 5.41) is 0. The van der Waals surface area contributed by atoms with Crippen LogP contribution in [-0.2, 0) is 148 Å². The standard InChI is InChI=1S/C78H164O36S2Si24/c1-35-117-79-118(36-2)82-121(39-5)84-119(37-3,80-117)86-125(49-45-115-43-41-47-123-91-127(51-65(7)8)97-133(57-71(19)20)99-128(92-123,52-66(9)10)101-135(59-73(23)24)102-129(93-123,53-67(11)12)100-134(98-127,58-72(21)22)110-139(109-133,111-135)63-77(31)32)87-120(38-4,81-117)85-122(40-6,83-118)89-126(88-121,90-125)50-46-116-44-42-48-124-94-130(54-68(13)14)103-136(60-74(25)26)105-131(95-124,55-69(15)16)107-138(62-76(29)30)108-132(96-124,56-70(17)18)106-137(104-130,61-75(27)28)113-140(112-136,114-138)64-78(33)34/h35-40,65-78H,1-6,41-64H2,7-34H3. The highest BCUT2D eigenvalue weighted by Gasteiger charge is 2.89. The molecule has 24 bridgehead atoms. The number of thioether (sulfide) groups is 2. The molecule has 18 heterocycles. The molecule has 4 atom stereocenters. The maximum Gasteiger partial charge on any atom is 0.507 e. The summed E-state index contributed by atoms with van der Waals surface area (Å²) in [6, 6.07) is 5.64. The van der Waals surface area contributed by atoms with Gasteiger partial charge in [0.15, 0.2) is 0 Å². The molecule has 0 aromatic heterocycles. The Morgan fingerprint density at radius 2 is 0.250 bits per heavy atom. The quantitative estimate of drug-likeness (QED) is 0.0403. The van der Waals surface area contributed by atoms with Crippen LogP contribution in [0.1, 0.15) is 207 Å². The normalized spacial score (nSPS) is 45.0. The Morgan fingerprint density at radius 1 is 0.143 bits per heavy atom. The average Bonchev–Trinajstić information content (AvgIpc) is 0.697. The Morgan fingerprint density at radius 3 is 0.371 bits per heavy atom. The van der Waals surface area contributed by atoms with Crippen molar-refractivity contribution < 1.29 is 148 Å². The lowest BCUT2D eigenvalue weighted by Crippen LogP contribution is -2.88. The van der Waals surface area contributed by atoms with Crippen LogP contribution in [0.5, 0.6) is 0 Å². The van der Waals surface area contributed by atoms with Gasteiger partial charge in [-0.05, 0) is 153 Å². The average molecular weight is 2420 g/mol. The van der Waals surface area contributed by atoms with Gasteiger partial charge in [0.05, 0.1) is 0 Å². The van der Waals surface area contributed by atoms with E-state index in [1.807, 2.05) is 0 Å². The van der Waals surface area contributed by atoms with Gasteiger partial charge in [-0.2, -0.15) is 23.5 Å². The third kappa shape index (κ3) is 25.5. The molecule has 800 valence electrons. The topological polar surface area (TPSA) is 332 Å². The van der Waals surface area contributed by atoms with Gasteiger partial charge in [0.2, 0.25) is 0 Å². The number of hydrogen-bond acceptors (Lipinski definition) is 38. The van der Waals surface area contributed by atoms with Crippen LogP contribution in [0.3, 0.4) is 0 Å². The van der Waals surface area contributed by atoms with E-state index in [1.165, 1.54) is 34.2 Å². The summed E-state index contributed by atoms with van der Waals surface area (Å²) in [6.07, 6.45) is 0.886. The van der Waals surface area contributed by atoms with Crippen LogP contribution < -0.4 is 0 Å². The van der Waals surface area contributed by atoms with Crippen LogP contribution >= 0.6 is 23.5 Å². The van der Waals surface area contributed by atoms with Crippen LogP contribution in [0.2, 0.25) is 109 Å². The molecule has 0 radical (unpaired) electrons. The molecule has 18 saturated heterocycles. The highest BCUT2D eigenvalue weighted by molar-refractivity contribution is 7.99. The zero-order chi connectivity index (χ0) is 102. The summed E-state index contributed by atoms with van der Waals surface area (Å²) in [4.78, 5) is 0. The van der Waals surface area contributed by atoms with Gasteiger partial charge in [0, 0.05) is 109 Å². The summed E-state index contributed by atoms with van der Waals surface area (Å²) in [5.41, 5.74) is 8.79. The SMILES string of the molecule is C=C[Si]12O[Si]3(C=C)O[Si]4(C=C)O[Si](C=C)(O1)O[Si]1(CCSCCC[Si]56O[Si]7(CC(C)C)O[Si]8(CC(C)C)O[Si](CC(C)C)(O5)O[Si]5(CC(C)C)O[Si](CC(C)C)(O6)O[Si](CC(C)C)(O7)O[Si](CC(C)C)(O8)O5)O[Si](C=C)(O2)O[Si](C=C)(O3)O[Si](CCSCCC[Si]23O[Si]5(CC(C)C)O[Si]6(CC(C)C)O[Si](CC(C)C)(O2)O[Si]2(CC(C)C)O[Si](CC(C)C)(O3)O[Si](CC(C)C)(O5)O[Si](CC(C)C)(O6)O2)(O4)O1. The lowest BCUT2D eigenvalue weighted by Gasteiger charge is -2.64. The third-order valence-corrected chi connectivity index (χ3v) is 140. The lowest BCUT2D eigenvalue weighted by molar-refractivity contribution is -0.0396. The fourth-order valence-corrected chi connectivity index (χ4v) is 170. The molecule has 18 aliphatic rings. The monoisotopic (exact) mass is 2410 g/mol. The van der Waals surface area contributed by atoms with E-state index in [4.69, 9.17) is 148 Å². The van der Waals surface area contributed by atoms with Crippen molar-refractivity contribution in [2.75, 3.05) is 23.0 Å². The summed E-state index contributed by atoms with van der Waals surface area (Å²) < 4.78 is 286. The number of rotatable bonds is 48. The minimum Gasteiger partial charge on any atom is -0.373 e. The third-order valence-electron chi connectivity index (χ3n) is 24.3. The van der Waals surface area contributed by atoms with Crippen molar-refractivity contribution in [3.8, 4) is 0 Å². The molecular weight excluding hydrogens is 2250 g/mol. The first kappa shape index (κ1) is 117. The molecule has 18 aliphatic heterocycles. The Bertz CT molecular complexity index is 3800. The van der Waals surface area contributed by atoms with Gasteiger partial charge in [-0.3, -0.25) is 0 Å². The van der Waals surface area contributed by atoms with Crippen LogP contribution in [-0.4, -0.2) is 234 Å². The zero-order valence-electron chi connectivity index (χ0n) is 88.3.